The first-order valence-corrected chi connectivity index (χ1v) is 11.0. The largest absolute Gasteiger partial charge is 0.353 e. The third-order valence-corrected chi connectivity index (χ3v) is 6.77. The third-order valence-electron chi connectivity index (χ3n) is 5.20. The van der Waals surface area contributed by atoms with Crippen LogP contribution in [0.4, 0.5) is 5.82 Å². The van der Waals surface area contributed by atoms with Crippen LogP contribution in [-0.4, -0.2) is 51.9 Å². The van der Waals surface area contributed by atoms with Crippen LogP contribution >= 0.6 is 11.3 Å². The molecule has 0 atom stereocenters. The zero-order valence-corrected chi connectivity index (χ0v) is 18.7. The summed E-state index contributed by atoms with van der Waals surface area (Å²) in [6.07, 6.45) is 1.80. The molecule has 0 N–H and O–H groups in total. The maximum Gasteiger partial charge on any atom is 0.265 e. The summed E-state index contributed by atoms with van der Waals surface area (Å²) in [5, 5.41) is 1.01. The predicted molar refractivity (Wildman–Crippen MR) is 121 cm³/mol. The van der Waals surface area contributed by atoms with E-state index in [-0.39, 0.29) is 11.3 Å². The molecule has 1 aromatic carbocycles. The number of rotatable bonds is 3. The van der Waals surface area contributed by atoms with E-state index < -0.39 is 0 Å². The van der Waals surface area contributed by atoms with Crippen molar-refractivity contribution in [3.05, 3.63) is 58.2 Å². The molecule has 1 fully saturated rings. The second-order valence-corrected chi connectivity index (χ2v) is 9.57. The van der Waals surface area contributed by atoms with Crippen LogP contribution in [-0.2, 0) is 5.41 Å². The Morgan fingerprint density at radius 1 is 1.00 bits per heavy atom. The fraction of sp³-hybridized carbons (Fsp3) is 0.391. The van der Waals surface area contributed by atoms with Crippen LogP contribution < -0.4 is 4.90 Å². The first-order valence-electron chi connectivity index (χ1n) is 10.2. The summed E-state index contributed by atoms with van der Waals surface area (Å²) in [7, 11) is 0. The highest BCUT2D eigenvalue weighted by molar-refractivity contribution is 7.14. The molecule has 0 radical (unpaired) electrons. The molecular weight excluding hydrogens is 394 g/mol. The van der Waals surface area contributed by atoms with Gasteiger partial charge >= 0.3 is 0 Å². The summed E-state index contributed by atoms with van der Waals surface area (Å²) < 4.78 is 0. The number of piperazine rings is 1. The molecule has 3 heterocycles. The second kappa shape index (κ2) is 8.14. The summed E-state index contributed by atoms with van der Waals surface area (Å²) in [6, 6.07) is 11.9. The van der Waals surface area contributed by atoms with Crippen LogP contribution in [0.5, 0.6) is 0 Å². The van der Waals surface area contributed by atoms with Crippen molar-refractivity contribution < 1.29 is 4.79 Å². The van der Waals surface area contributed by atoms with Gasteiger partial charge in [0, 0.05) is 43.4 Å². The van der Waals surface area contributed by atoms with Crippen LogP contribution in [0.25, 0.3) is 11.4 Å². The maximum atomic E-state index is 13.1. The molecule has 156 valence electrons. The molecule has 0 saturated carbocycles. The topological polar surface area (TPSA) is 62.2 Å². The number of aromatic nitrogens is 3. The van der Waals surface area contributed by atoms with Crippen LogP contribution in [0.15, 0.2) is 42.6 Å². The van der Waals surface area contributed by atoms with Crippen molar-refractivity contribution in [2.24, 2.45) is 0 Å². The lowest BCUT2D eigenvalue weighted by Crippen LogP contribution is -2.49. The lowest BCUT2D eigenvalue weighted by atomic mass is 9.98. The number of benzene rings is 1. The minimum Gasteiger partial charge on any atom is -0.353 e. The zero-order chi connectivity index (χ0) is 21.3. The van der Waals surface area contributed by atoms with Crippen molar-refractivity contribution in [1.82, 2.24) is 19.9 Å². The first kappa shape index (κ1) is 20.5. The van der Waals surface area contributed by atoms with Crippen molar-refractivity contribution >= 4 is 23.1 Å². The number of anilines is 1. The van der Waals surface area contributed by atoms with Crippen LogP contribution in [0, 0.1) is 6.92 Å². The van der Waals surface area contributed by atoms with E-state index in [1.807, 2.05) is 48.2 Å². The number of hydrogen-bond donors (Lipinski definition) is 0. The highest BCUT2D eigenvalue weighted by Gasteiger charge is 2.28. The van der Waals surface area contributed by atoms with Gasteiger partial charge in [-0.1, -0.05) is 51.1 Å². The zero-order valence-electron chi connectivity index (χ0n) is 17.9. The number of thiazole rings is 1. The SMILES string of the molecule is Cc1nc(C(C)(C)C)sc1C(=O)N1CCN(c2ccnc(-c3ccccc3)n2)CC1. The molecule has 0 spiro atoms. The van der Waals surface area contributed by atoms with E-state index >= 15 is 0 Å². The highest BCUT2D eigenvalue weighted by Crippen LogP contribution is 2.30. The highest BCUT2D eigenvalue weighted by atomic mass is 32.1. The Balaban J connectivity index is 1.45. The molecule has 1 amide bonds. The van der Waals surface area contributed by atoms with Gasteiger partial charge in [0.1, 0.15) is 10.7 Å². The van der Waals surface area contributed by atoms with Crippen molar-refractivity contribution in [1.29, 1.82) is 0 Å². The molecule has 1 aliphatic heterocycles. The Morgan fingerprint density at radius 2 is 1.70 bits per heavy atom. The Labute approximate surface area is 181 Å². The van der Waals surface area contributed by atoms with Crippen molar-refractivity contribution in [3.8, 4) is 11.4 Å². The molecule has 6 nitrogen and oxygen atoms in total. The molecular formula is C23H27N5OS. The monoisotopic (exact) mass is 421 g/mol. The van der Waals surface area contributed by atoms with Gasteiger partial charge in [0.2, 0.25) is 0 Å². The molecule has 0 bridgehead atoms. The summed E-state index contributed by atoms with van der Waals surface area (Å²) >= 11 is 1.53. The number of nitrogens with zero attached hydrogens (tertiary/aromatic N) is 5. The standard InChI is InChI=1S/C23H27N5OS/c1-16-19(30-22(25-16)23(2,3)4)21(29)28-14-12-27(13-15-28)18-10-11-24-20(26-18)17-8-6-5-7-9-17/h5-11H,12-15H2,1-4H3. The van der Waals surface area contributed by atoms with E-state index in [9.17, 15) is 4.79 Å². The summed E-state index contributed by atoms with van der Waals surface area (Å²) in [4.78, 5) is 31.8. The van der Waals surface area contributed by atoms with E-state index in [4.69, 9.17) is 4.98 Å². The van der Waals surface area contributed by atoms with Crippen LogP contribution in [0.2, 0.25) is 0 Å². The summed E-state index contributed by atoms with van der Waals surface area (Å²) in [5.74, 6) is 1.72. The smallest absolute Gasteiger partial charge is 0.265 e. The number of carbonyl (C=O) groups is 1. The maximum absolute atomic E-state index is 13.1. The minimum atomic E-state index is -0.0455. The number of aryl methyl sites for hydroxylation is 1. The molecule has 1 aliphatic rings. The van der Waals surface area contributed by atoms with Crippen LogP contribution in [0.1, 0.15) is 41.1 Å². The van der Waals surface area contributed by atoms with Gasteiger partial charge in [-0.25, -0.2) is 15.0 Å². The van der Waals surface area contributed by atoms with Crippen LogP contribution in [0.3, 0.4) is 0 Å². The lowest BCUT2D eigenvalue weighted by molar-refractivity contribution is 0.0750. The van der Waals surface area contributed by atoms with E-state index in [2.05, 4.69) is 35.6 Å². The van der Waals surface area contributed by atoms with Crippen molar-refractivity contribution in [2.75, 3.05) is 31.1 Å². The average molecular weight is 422 g/mol. The Hall–Kier alpha value is -2.80. The molecule has 0 aliphatic carbocycles. The van der Waals surface area contributed by atoms with Gasteiger partial charge in [-0.05, 0) is 13.0 Å². The van der Waals surface area contributed by atoms with Gasteiger partial charge in [-0.15, -0.1) is 11.3 Å². The average Bonchev–Trinajstić information content (AvgIpc) is 3.16. The molecule has 7 heteroatoms. The van der Waals surface area contributed by atoms with Gasteiger partial charge < -0.3 is 9.80 Å². The molecule has 1 saturated heterocycles. The molecule has 2 aromatic heterocycles. The first-order chi connectivity index (χ1) is 14.3. The van der Waals surface area contributed by atoms with E-state index in [1.54, 1.807) is 6.20 Å². The Morgan fingerprint density at radius 3 is 2.33 bits per heavy atom. The molecule has 4 rings (SSSR count). The summed E-state index contributed by atoms with van der Waals surface area (Å²) in [5.41, 5.74) is 1.79. The van der Waals surface area contributed by atoms with E-state index in [0.29, 0.717) is 13.1 Å². The molecule has 3 aromatic rings. The van der Waals surface area contributed by atoms with Gasteiger partial charge in [0.25, 0.3) is 5.91 Å². The van der Waals surface area contributed by atoms with Gasteiger partial charge in [-0.3, -0.25) is 4.79 Å². The summed E-state index contributed by atoms with van der Waals surface area (Å²) in [6.45, 7) is 11.2. The van der Waals surface area contributed by atoms with Gasteiger partial charge in [0.15, 0.2) is 5.82 Å². The predicted octanol–water partition coefficient (Wildman–Crippen LogP) is 4.17. The Bertz CT molecular complexity index is 1030. The molecule has 0 unspecified atom stereocenters. The van der Waals surface area contributed by atoms with Crippen molar-refractivity contribution in [2.45, 2.75) is 33.1 Å². The third kappa shape index (κ3) is 4.21. The lowest BCUT2D eigenvalue weighted by Gasteiger charge is -2.35. The molecule has 30 heavy (non-hydrogen) atoms. The van der Waals surface area contributed by atoms with Crippen molar-refractivity contribution in [3.63, 3.8) is 0 Å². The normalized spacial score (nSPS) is 14.8. The van der Waals surface area contributed by atoms with Gasteiger partial charge in [-0.2, -0.15) is 0 Å². The van der Waals surface area contributed by atoms with E-state index in [1.165, 1.54) is 11.3 Å². The quantitative estimate of drug-likeness (QED) is 0.635. The second-order valence-electron chi connectivity index (χ2n) is 8.57. The Kier molecular flexibility index (Phi) is 5.56. The fourth-order valence-corrected chi connectivity index (χ4v) is 4.54. The van der Waals surface area contributed by atoms with E-state index in [0.717, 1.165) is 45.9 Å². The number of carbonyl (C=O) groups excluding carboxylic acids is 1. The fourth-order valence-electron chi connectivity index (χ4n) is 3.45. The number of hydrogen-bond acceptors (Lipinski definition) is 6. The number of amides is 1. The van der Waals surface area contributed by atoms with Gasteiger partial charge in [0.05, 0.1) is 10.7 Å². The minimum absolute atomic E-state index is 0.0455.